The number of para-hydroxylation sites is 1. The molecule has 1 fully saturated rings. The normalized spacial score (nSPS) is 16.9. The largest absolute Gasteiger partial charge is 0.464 e. The van der Waals surface area contributed by atoms with E-state index in [9.17, 15) is 5.11 Å². The molecule has 0 radical (unpaired) electrons. The van der Waals surface area contributed by atoms with Crippen LogP contribution in [0.5, 0.6) is 0 Å². The van der Waals surface area contributed by atoms with E-state index in [4.69, 9.17) is 4.42 Å². The molecule has 0 bridgehead atoms. The van der Waals surface area contributed by atoms with Gasteiger partial charge < -0.3 is 14.5 Å². The molecular formula is C15H14N2O2. The number of aliphatic hydroxyl groups excluding tert-OH is 1. The van der Waals surface area contributed by atoms with Crippen LogP contribution in [0.4, 0.5) is 0 Å². The van der Waals surface area contributed by atoms with E-state index in [1.807, 2.05) is 30.5 Å². The number of nitrogens with zero attached hydrogens (tertiary/aromatic N) is 1. The molecule has 2 N–H and O–H groups in total. The van der Waals surface area contributed by atoms with Gasteiger partial charge in [-0.2, -0.15) is 0 Å². The van der Waals surface area contributed by atoms with Crippen LogP contribution in [0.2, 0.25) is 0 Å². The Labute approximate surface area is 110 Å². The SMILES string of the molecule is OCC1(c2ncc(-c3coc4ccccc34)[nH]2)CC1. The number of rotatable bonds is 3. The van der Waals surface area contributed by atoms with E-state index in [0.717, 1.165) is 40.9 Å². The Morgan fingerprint density at radius 1 is 1.32 bits per heavy atom. The van der Waals surface area contributed by atoms with Gasteiger partial charge in [0.2, 0.25) is 0 Å². The molecule has 1 aliphatic rings. The van der Waals surface area contributed by atoms with Gasteiger partial charge in [-0.3, -0.25) is 0 Å². The summed E-state index contributed by atoms with van der Waals surface area (Å²) < 4.78 is 5.54. The maximum absolute atomic E-state index is 9.44. The van der Waals surface area contributed by atoms with E-state index in [2.05, 4.69) is 9.97 Å². The van der Waals surface area contributed by atoms with Crippen LogP contribution in [-0.4, -0.2) is 21.7 Å². The van der Waals surface area contributed by atoms with E-state index < -0.39 is 0 Å². The van der Waals surface area contributed by atoms with Crippen molar-refractivity contribution in [2.75, 3.05) is 6.61 Å². The fourth-order valence-electron chi connectivity index (χ4n) is 2.53. The summed E-state index contributed by atoms with van der Waals surface area (Å²) in [5.41, 5.74) is 2.71. The van der Waals surface area contributed by atoms with Gasteiger partial charge in [0.05, 0.1) is 23.9 Å². The third kappa shape index (κ3) is 1.53. The first-order valence-corrected chi connectivity index (χ1v) is 6.45. The van der Waals surface area contributed by atoms with Gasteiger partial charge in [-0.05, 0) is 18.9 Å². The molecule has 1 saturated carbocycles. The maximum Gasteiger partial charge on any atom is 0.134 e. The Morgan fingerprint density at radius 2 is 2.16 bits per heavy atom. The number of hydrogen-bond acceptors (Lipinski definition) is 3. The van der Waals surface area contributed by atoms with E-state index in [-0.39, 0.29) is 12.0 Å². The van der Waals surface area contributed by atoms with Crippen LogP contribution in [0, 0.1) is 0 Å². The lowest BCUT2D eigenvalue weighted by molar-refractivity contribution is 0.250. The third-order valence-electron chi connectivity index (χ3n) is 4.01. The minimum Gasteiger partial charge on any atom is -0.464 e. The Balaban J connectivity index is 1.81. The number of imidazole rings is 1. The van der Waals surface area contributed by atoms with Crippen LogP contribution in [-0.2, 0) is 5.41 Å². The average Bonchev–Trinajstić information content (AvgIpc) is 2.90. The minimum absolute atomic E-state index is 0.127. The summed E-state index contributed by atoms with van der Waals surface area (Å²) in [5.74, 6) is 0.885. The standard InChI is InChI=1S/C15H14N2O2/c18-9-15(5-6-15)14-16-7-12(17-14)11-8-19-13-4-2-1-3-10(11)13/h1-4,7-8,18H,5-6,9H2,(H,16,17). The zero-order chi connectivity index (χ0) is 12.9. The number of H-pyrrole nitrogens is 1. The summed E-state index contributed by atoms with van der Waals surface area (Å²) in [7, 11) is 0. The van der Waals surface area contributed by atoms with Gasteiger partial charge in [0.25, 0.3) is 0 Å². The molecule has 0 unspecified atom stereocenters. The van der Waals surface area contributed by atoms with E-state index in [1.54, 1.807) is 6.26 Å². The molecule has 0 amide bonds. The summed E-state index contributed by atoms with van der Waals surface area (Å²) in [5, 5.41) is 10.5. The van der Waals surface area contributed by atoms with E-state index in [0.29, 0.717) is 0 Å². The lowest BCUT2D eigenvalue weighted by atomic mass is 10.1. The third-order valence-corrected chi connectivity index (χ3v) is 4.01. The first-order valence-electron chi connectivity index (χ1n) is 6.45. The van der Waals surface area contributed by atoms with Crippen LogP contribution in [0.1, 0.15) is 18.7 Å². The van der Waals surface area contributed by atoms with Crippen LogP contribution in [0.3, 0.4) is 0 Å². The van der Waals surface area contributed by atoms with Crippen LogP contribution < -0.4 is 0 Å². The van der Waals surface area contributed by atoms with Crippen molar-refractivity contribution in [3.05, 3.63) is 42.5 Å². The van der Waals surface area contributed by atoms with Crippen molar-refractivity contribution in [1.82, 2.24) is 9.97 Å². The second-order valence-corrected chi connectivity index (χ2v) is 5.23. The van der Waals surface area contributed by atoms with Crippen molar-refractivity contribution in [3.63, 3.8) is 0 Å². The molecule has 19 heavy (non-hydrogen) atoms. The molecule has 0 aliphatic heterocycles. The lowest BCUT2D eigenvalue weighted by Gasteiger charge is -2.06. The topological polar surface area (TPSA) is 62.1 Å². The molecule has 1 aliphatic carbocycles. The molecule has 4 nitrogen and oxygen atoms in total. The van der Waals surface area contributed by atoms with Crippen molar-refractivity contribution in [3.8, 4) is 11.3 Å². The second-order valence-electron chi connectivity index (χ2n) is 5.23. The average molecular weight is 254 g/mol. The Kier molecular flexibility index (Phi) is 2.11. The smallest absolute Gasteiger partial charge is 0.134 e. The molecule has 0 atom stereocenters. The summed E-state index contributed by atoms with van der Waals surface area (Å²) in [4.78, 5) is 7.76. The Hall–Kier alpha value is -2.07. The molecular weight excluding hydrogens is 240 g/mol. The number of aromatic nitrogens is 2. The Morgan fingerprint density at radius 3 is 2.95 bits per heavy atom. The van der Waals surface area contributed by atoms with Gasteiger partial charge in [-0.25, -0.2) is 4.98 Å². The fourth-order valence-corrected chi connectivity index (χ4v) is 2.53. The predicted octanol–water partition coefficient (Wildman–Crippen LogP) is 2.85. The van der Waals surface area contributed by atoms with Gasteiger partial charge in [0.1, 0.15) is 17.7 Å². The molecule has 4 heteroatoms. The fraction of sp³-hybridized carbons (Fsp3) is 0.267. The highest BCUT2D eigenvalue weighted by Gasteiger charge is 2.46. The number of aliphatic hydroxyl groups is 1. The number of hydrogen-bond donors (Lipinski definition) is 2. The zero-order valence-electron chi connectivity index (χ0n) is 10.4. The van der Waals surface area contributed by atoms with Crippen LogP contribution >= 0.6 is 0 Å². The molecule has 4 rings (SSSR count). The molecule has 96 valence electrons. The van der Waals surface area contributed by atoms with Crippen molar-refractivity contribution >= 4 is 11.0 Å². The number of fused-ring (bicyclic) bond motifs is 1. The van der Waals surface area contributed by atoms with Gasteiger partial charge in [0, 0.05) is 10.9 Å². The van der Waals surface area contributed by atoms with E-state index >= 15 is 0 Å². The molecule has 2 aromatic heterocycles. The molecule has 3 aromatic rings. The van der Waals surface area contributed by atoms with Gasteiger partial charge in [-0.1, -0.05) is 18.2 Å². The highest BCUT2D eigenvalue weighted by atomic mass is 16.3. The maximum atomic E-state index is 9.44. The first kappa shape index (κ1) is 10.8. The summed E-state index contributed by atoms with van der Waals surface area (Å²) in [6.07, 6.45) is 5.58. The minimum atomic E-state index is -0.127. The second kappa shape index (κ2) is 3.71. The number of nitrogens with one attached hydrogen (secondary N) is 1. The summed E-state index contributed by atoms with van der Waals surface area (Å²) >= 11 is 0. The molecule has 0 saturated heterocycles. The van der Waals surface area contributed by atoms with Crippen LogP contribution in [0.25, 0.3) is 22.2 Å². The molecule has 1 aromatic carbocycles. The summed E-state index contributed by atoms with van der Waals surface area (Å²) in [6.45, 7) is 0.159. The number of aromatic amines is 1. The number of benzene rings is 1. The molecule has 0 spiro atoms. The first-order chi connectivity index (χ1) is 9.32. The highest BCUT2D eigenvalue weighted by Crippen LogP contribution is 2.46. The summed E-state index contributed by atoms with van der Waals surface area (Å²) in [6, 6.07) is 7.94. The van der Waals surface area contributed by atoms with Crippen molar-refractivity contribution in [1.29, 1.82) is 0 Å². The Bertz CT molecular complexity index is 737. The van der Waals surface area contributed by atoms with Crippen molar-refractivity contribution in [2.24, 2.45) is 0 Å². The van der Waals surface area contributed by atoms with Crippen molar-refractivity contribution < 1.29 is 9.52 Å². The predicted molar refractivity (Wildman–Crippen MR) is 71.8 cm³/mol. The monoisotopic (exact) mass is 254 g/mol. The van der Waals surface area contributed by atoms with Gasteiger partial charge in [0.15, 0.2) is 0 Å². The number of furan rings is 1. The van der Waals surface area contributed by atoms with Crippen molar-refractivity contribution in [2.45, 2.75) is 18.3 Å². The quantitative estimate of drug-likeness (QED) is 0.755. The molecule has 2 heterocycles. The lowest BCUT2D eigenvalue weighted by Crippen LogP contribution is -2.13. The van der Waals surface area contributed by atoms with Gasteiger partial charge in [-0.15, -0.1) is 0 Å². The van der Waals surface area contributed by atoms with Crippen LogP contribution in [0.15, 0.2) is 41.1 Å². The highest BCUT2D eigenvalue weighted by molar-refractivity contribution is 5.92. The van der Waals surface area contributed by atoms with E-state index in [1.165, 1.54) is 0 Å². The van der Waals surface area contributed by atoms with Gasteiger partial charge >= 0.3 is 0 Å². The zero-order valence-corrected chi connectivity index (χ0v) is 10.4.